The molecule has 0 aliphatic carbocycles. The molecule has 1 aromatic carbocycles. The van der Waals surface area contributed by atoms with Gasteiger partial charge in [0.25, 0.3) is 11.7 Å². The summed E-state index contributed by atoms with van der Waals surface area (Å²) in [5.41, 5.74) is 2.09. The number of carbonyl (C=O) groups is 2. The molecule has 18 heavy (non-hydrogen) atoms. The van der Waals surface area contributed by atoms with Crippen LogP contribution in [-0.2, 0) is 4.79 Å². The van der Waals surface area contributed by atoms with Crippen LogP contribution in [0.1, 0.15) is 31.1 Å². The smallest absolute Gasteiger partial charge is 0.296 e. The Bertz CT molecular complexity index is 509. The van der Waals surface area contributed by atoms with Gasteiger partial charge in [-0.25, -0.2) is 0 Å². The van der Waals surface area contributed by atoms with Gasteiger partial charge in [0, 0.05) is 18.8 Å². The van der Waals surface area contributed by atoms with E-state index in [1.165, 1.54) is 0 Å². The Morgan fingerprint density at radius 1 is 1.17 bits per heavy atom. The predicted molar refractivity (Wildman–Crippen MR) is 72.1 cm³/mol. The maximum Gasteiger partial charge on any atom is 0.296 e. The second kappa shape index (κ2) is 4.44. The Hall–Kier alpha value is -1.84. The monoisotopic (exact) mass is 246 g/mol. The maximum atomic E-state index is 11.5. The molecule has 1 atom stereocenters. The van der Waals surface area contributed by atoms with E-state index in [1.807, 2.05) is 19.2 Å². The van der Waals surface area contributed by atoms with E-state index in [2.05, 4.69) is 31.0 Å². The van der Waals surface area contributed by atoms with Gasteiger partial charge in [0.2, 0.25) is 0 Å². The standard InChI is InChI=1S/C14H18N2O2/c1-8(2)9(3)16(4)10-5-6-11-12(7-10)15-14(18)13(11)17/h5-9H,1-4H3,(H,15,17,18). The lowest BCUT2D eigenvalue weighted by Gasteiger charge is -2.30. The molecule has 0 saturated heterocycles. The van der Waals surface area contributed by atoms with E-state index in [9.17, 15) is 9.59 Å². The van der Waals surface area contributed by atoms with Gasteiger partial charge in [0.05, 0.1) is 11.3 Å². The first kappa shape index (κ1) is 12.6. The van der Waals surface area contributed by atoms with Crippen molar-refractivity contribution in [3.63, 3.8) is 0 Å². The first-order valence-corrected chi connectivity index (χ1v) is 6.14. The van der Waals surface area contributed by atoms with Crippen LogP contribution < -0.4 is 10.2 Å². The van der Waals surface area contributed by atoms with E-state index in [0.29, 0.717) is 23.2 Å². The van der Waals surface area contributed by atoms with E-state index in [0.717, 1.165) is 5.69 Å². The minimum atomic E-state index is -0.540. The fraction of sp³-hybridized carbons (Fsp3) is 0.429. The molecule has 1 N–H and O–H groups in total. The summed E-state index contributed by atoms with van der Waals surface area (Å²) in [6.45, 7) is 6.49. The molecule has 1 aromatic rings. The van der Waals surface area contributed by atoms with Crippen molar-refractivity contribution in [3.8, 4) is 0 Å². The minimum absolute atomic E-state index is 0.385. The molecule has 4 heteroatoms. The third-order valence-electron chi connectivity index (χ3n) is 3.69. The van der Waals surface area contributed by atoms with Crippen LogP contribution in [0, 0.1) is 5.92 Å². The summed E-state index contributed by atoms with van der Waals surface area (Å²) < 4.78 is 0. The zero-order chi connectivity index (χ0) is 13.4. The van der Waals surface area contributed by atoms with Gasteiger partial charge in [-0.3, -0.25) is 9.59 Å². The lowest BCUT2D eigenvalue weighted by Crippen LogP contribution is -2.33. The van der Waals surface area contributed by atoms with Gasteiger partial charge in [-0.2, -0.15) is 0 Å². The van der Waals surface area contributed by atoms with Crippen LogP contribution in [0.2, 0.25) is 0 Å². The van der Waals surface area contributed by atoms with Crippen LogP contribution in [-0.4, -0.2) is 24.8 Å². The topological polar surface area (TPSA) is 49.4 Å². The van der Waals surface area contributed by atoms with E-state index < -0.39 is 11.7 Å². The quantitative estimate of drug-likeness (QED) is 0.832. The number of nitrogens with one attached hydrogen (secondary N) is 1. The number of ketones is 1. The molecule has 0 radical (unpaired) electrons. The average Bonchev–Trinajstić information content (AvgIpc) is 2.62. The van der Waals surface area contributed by atoms with Crippen molar-refractivity contribution in [1.82, 2.24) is 0 Å². The highest BCUT2D eigenvalue weighted by Crippen LogP contribution is 2.29. The zero-order valence-corrected chi connectivity index (χ0v) is 11.2. The second-order valence-electron chi connectivity index (χ2n) is 5.11. The SMILES string of the molecule is CC(C)C(C)N(C)c1ccc2c(c1)NC(=O)C2=O. The van der Waals surface area contributed by atoms with E-state index in [1.54, 1.807) is 6.07 Å². The molecule has 2 rings (SSSR count). The van der Waals surface area contributed by atoms with Gasteiger partial charge in [-0.05, 0) is 31.0 Å². The number of hydrogen-bond acceptors (Lipinski definition) is 3. The molecule has 1 heterocycles. The molecule has 1 unspecified atom stereocenters. The first-order chi connectivity index (χ1) is 8.41. The van der Waals surface area contributed by atoms with Crippen molar-refractivity contribution in [2.45, 2.75) is 26.8 Å². The van der Waals surface area contributed by atoms with Gasteiger partial charge in [-0.1, -0.05) is 13.8 Å². The molecule has 0 aromatic heterocycles. The molecule has 0 bridgehead atoms. The second-order valence-corrected chi connectivity index (χ2v) is 5.11. The number of amides is 1. The zero-order valence-electron chi connectivity index (χ0n) is 11.2. The van der Waals surface area contributed by atoms with Crippen molar-refractivity contribution < 1.29 is 9.59 Å². The highest BCUT2D eigenvalue weighted by molar-refractivity contribution is 6.51. The Morgan fingerprint density at radius 2 is 1.83 bits per heavy atom. The largest absolute Gasteiger partial charge is 0.372 e. The van der Waals surface area contributed by atoms with Gasteiger partial charge in [0.15, 0.2) is 0 Å². The van der Waals surface area contributed by atoms with Crippen LogP contribution in [0.3, 0.4) is 0 Å². The van der Waals surface area contributed by atoms with Crippen molar-refractivity contribution in [2.24, 2.45) is 5.92 Å². The van der Waals surface area contributed by atoms with E-state index >= 15 is 0 Å². The Kier molecular flexibility index (Phi) is 3.11. The molecule has 0 spiro atoms. The molecule has 4 nitrogen and oxygen atoms in total. The molecule has 1 aliphatic heterocycles. The highest BCUT2D eigenvalue weighted by Gasteiger charge is 2.28. The van der Waals surface area contributed by atoms with Crippen molar-refractivity contribution in [1.29, 1.82) is 0 Å². The molecule has 1 amide bonds. The van der Waals surface area contributed by atoms with Crippen LogP contribution in [0.25, 0.3) is 0 Å². The Labute approximate surface area is 107 Å². The lowest BCUT2D eigenvalue weighted by molar-refractivity contribution is -0.112. The minimum Gasteiger partial charge on any atom is -0.372 e. The van der Waals surface area contributed by atoms with Gasteiger partial charge < -0.3 is 10.2 Å². The van der Waals surface area contributed by atoms with Gasteiger partial charge >= 0.3 is 0 Å². The molecule has 0 fully saturated rings. The van der Waals surface area contributed by atoms with Crippen molar-refractivity contribution >= 4 is 23.1 Å². The van der Waals surface area contributed by atoms with Crippen LogP contribution in [0.15, 0.2) is 18.2 Å². The summed E-state index contributed by atoms with van der Waals surface area (Å²) in [5.74, 6) is -0.461. The van der Waals surface area contributed by atoms with E-state index in [4.69, 9.17) is 0 Å². The number of Topliss-reactive ketones (excluding diaryl/α,β-unsaturated/α-hetero) is 1. The summed E-state index contributed by atoms with van der Waals surface area (Å²) in [7, 11) is 2.02. The summed E-state index contributed by atoms with van der Waals surface area (Å²) in [6, 6.07) is 5.84. The number of fused-ring (bicyclic) bond motifs is 1. The summed E-state index contributed by atoms with van der Waals surface area (Å²) in [6.07, 6.45) is 0. The normalized spacial score (nSPS) is 15.6. The van der Waals surface area contributed by atoms with Gasteiger partial charge in [-0.15, -0.1) is 0 Å². The third kappa shape index (κ3) is 1.98. The lowest BCUT2D eigenvalue weighted by atomic mass is 10.0. The Balaban J connectivity index is 2.31. The highest BCUT2D eigenvalue weighted by atomic mass is 16.2. The van der Waals surface area contributed by atoms with Crippen molar-refractivity contribution in [3.05, 3.63) is 23.8 Å². The summed E-state index contributed by atoms with van der Waals surface area (Å²) in [5, 5.41) is 2.60. The molecule has 96 valence electrons. The maximum absolute atomic E-state index is 11.5. The number of hydrogen-bond donors (Lipinski definition) is 1. The number of carbonyl (C=O) groups excluding carboxylic acids is 2. The molecular formula is C14H18N2O2. The number of benzene rings is 1. The van der Waals surface area contributed by atoms with Crippen LogP contribution >= 0.6 is 0 Å². The number of nitrogens with zero attached hydrogens (tertiary/aromatic N) is 1. The third-order valence-corrected chi connectivity index (χ3v) is 3.69. The first-order valence-electron chi connectivity index (χ1n) is 6.14. The average molecular weight is 246 g/mol. The summed E-state index contributed by atoms with van der Waals surface area (Å²) in [4.78, 5) is 24.9. The number of rotatable bonds is 3. The fourth-order valence-corrected chi connectivity index (χ4v) is 2.04. The van der Waals surface area contributed by atoms with Crippen molar-refractivity contribution in [2.75, 3.05) is 17.3 Å². The molecular weight excluding hydrogens is 228 g/mol. The Morgan fingerprint density at radius 3 is 2.44 bits per heavy atom. The number of anilines is 2. The molecule has 1 aliphatic rings. The van der Waals surface area contributed by atoms with Crippen LogP contribution in [0.5, 0.6) is 0 Å². The van der Waals surface area contributed by atoms with Crippen LogP contribution in [0.4, 0.5) is 11.4 Å². The molecule has 0 saturated carbocycles. The fourth-order valence-electron chi connectivity index (χ4n) is 2.04. The predicted octanol–water partition coefficient (Wildman–Crippen LogP) is 2.30. The van der Waals surface area contributed by atoms with E-state index in [-0.39, 0.29) is 0 Å². The summed E-state index contributed by atoms with van der Waals surface area (Å²) >= 11 is 0. The van der Waals surface area contributed by atoms with Gasteiger partial charge in [0.1, 0.15) is 0 Å².